The molecule has 0 saturated heterocycles. The van der Waals surface area contributed by atoms with Crippen molar-refractivity contribution in [2.75, 3.05) is 0 Å². The van der Waals surface area contributed by atoms with Crippen molar-refractivity contribution in [1.29, 1.82) is 0 Å². The Labute approximate surface area is 268 Å². The predicted octanol–water partition coefficient (Wildman–Crippen LogP) is 7.88. The zero-order valence-corrected chi connectivity index (χ0v) is 25.2. The molecule has 0 spiro atoms. The Bertz CT molecular complexity index is 2500. The van der Waals surface area contributed by atoms with Gasteiger partial charge in [-0.2, -0.15) is 0 Å². The average molecular weight is 582 g/mol. The molecule has 8 aromatic rings. The van der Waals surface area contributed by atoms with Crippen molar-refractivity contribution in [3.05, 3.63) is 191 Å². The summed E-state index contributed by atoms with van der Waals surface area (Å²) in [5.74, 6) is 0. The number of fused-ring (bicyclic) bond motifs is 4. The van der Waals surface area contributed by atoms with Crippen molar-refractivity contribution in [3.63, 3.8) is 0 Å². The van der Waals surface area contributed by atoms with Crippen molar-refractivity contribution in [2.45, 2.75) is 11.8 Å². The molecule has 1 aromatic heterocycles. The number of hydrogen-bond donors (Lipinski definition) is 0. The first-order valence-electron chi connectivity index (χ1n) is 16.4. The highest BCUT2D eigenvalue weighted by Gasteiger charge is 2.53. The maximum Gasteiger partial charge on any atom is 0.248 e. The first-order valence-corrected chi connectivity index (χ1v) is 16.4. The maximum atomic E-state index is 2.60. The van der Waals surface area contributed by atoms with Gasteiger partial charge in [0.2, 0.25) is 6.71 Å². The predicted molar refractivity (Wildman–Crippen MR) is 192 cm³/mol. The van der Waals surface area contributed by atoms with Crippen LogP contribution in [-0.2, 0) is 11.8 Å². The second kappa shape index (κ2) is 8.77. The average Bonchev–Trinajstić information content (AvgIpc) is 3.47. The summed E-state index contributed by atoms with van der Waals surface area (Å²) < 4.78 is 2.60. The van der Waals surface area contributed by atoms with E-state index in [1.165, 1.54) is 88.4 Å². The summed E-state index contributed by atoms with van der Waals surface area (Å²) in [6.07, 6.45) is 0.924. The molecule has 0 atom stereocenters. The van der Waals surface area contributed by atoms with E-state index >= 15 is 0 Å². The summed E-state index contributed by atoms with van der Waals surface area (Å²) in [6, 6.07) is 59.3. The fourth-order valence-electron chi connectivity index (χ4n) is 9.57. The van der Waals surface area contributed by atoms with Gasteiger partial charge in [-0.15, -0.1) is 0 Å². The van der Waals surface area contributed by atoms with Crippen LogP contribution in [0.15, 0.2) is 158 Å². The lowest BCUT2D eigenvalue weighted by Gasteiger charge is -2.48. The summed E-state index contributed by atoms with van der Waals surface area (Å²) in [6.45, 7) is 0.171. The molecule has 3 aliphatic rings. The maximum absolute atomic E-state index is 2.60. The number of benzene rings is 7. The van der Waals surface area contributed by atoms with E-state index in [2.05, 4.69) is 162 Å². The highest BCUT2D eigenvalue weighted by molar-refractivity contribution is 7.00. The Kier molecular flexibility index (Phi) is 4.71. The fraction of sp³-hybridized carbons (Fsp3) is 0.0455. The monoisotopic (exact) mass is 581 g/mol. The molecule has 1 nitrogen and oxygen atoms in total. The second-order valence-electron chi connectivity index (χ2n) is 13.1. The molecule has 0 fully saturated rings. The molecule has 0 saturated carbocycles. The lowest BCUT2D eigenvalue weighted by Crippen LogP contribution is -2.67. The number of nitrogens with zero attached hydrogens (tertiary/aromatic N) is 1. The summed E-state index contributed by atoms with van der Waals surface area (Å²) >= 11 is 0. The first-order chi connectivity index (χ1) is 22.9. The first kappa shape index (κ1) is 24.7. The number of aromatic nitrogens is 1. The minimum absolute atomic E-state index is 0.171. The van der Waals surface area contributed by atoms with Crippen LogP contribution in [0.5, 0.6) is 0 Å². The van der Waals surface area contributed by atoms with Crippen LogP contribution >= 0.6 is 0 Å². The van der Waals surface area contributed by atoms with E-state index in [-0.39, 0.29) is 6.71 Å². The molecule has 0 aliphatic carbocycles. The Morgan fingerprint density at radius 2 is 1.15 bits per heavy atom. The smallest absolute Gasteiger partial charge is 0.248 e. The highest BCUT2D eigenvalue weighted by Crippen LogP contribution is 2.49. The van der Waals surface area contributed by atoms with E-state index in [0.717, 1.165) is 6.42 Å². The summed E-state index contributed by atoms with van der Waals surface area (Å²) in [7, 11) is 0. The molecule has 4 heterocycles. The molecular weight excluding hydrogens is 553 g/mol. The van der Waals surface area contributed by atoms with Gasteiger partial charge in [0.25, 0.3) is 0 Å². The van der Waals surface area contributed by atoms with Crippen LogP contribution in [0.25, 0.3) is 38.6 Å². The van der Waals surface area contributed by atoms with Gasteiger partial charge in [-0.3, -0.25) is 0 Å². The van der Waals surface area contributed by atoms with Gasteiger partial charge in [0.05, 0.1) is 10.9 Å². The Morgan fingerprint density at radius 1 is 0.522 bits per heavy atom. The quantitative estimate of drug-likeness (QED) is 0.187. The van der Waals surface area contributed by atoms with Crippen molar-refractivity contribution in [2.24, 2.45) is 0 Å². The highest BCUT2D eigenvalue weighted by atomic mass is 15.0. The van der Waals surface area contributed by atoms with Crippen LogP contribution < -0.4 is 16.4 Å². The molecule has 2 heteroatoms. The molecule has 212 valence electrons. The standard InChI is InChI=1S/C44H28BN/c1-4-14-28(15-5-1)33-27-35-32-21-10-11-24-38(32)46-39-25-13-23-37-42(39)45-40-29(26-34(33)41(45)43(35)46)16-12-22-36(40)44(37,30-17-6-2-7-18-30)31-19-8-3-9-20-31/h1-25,27H,26H2. The van der Waals surface area contributed by atoms with E-state index in [1.54, 1.807) is 0 Å². The molecule has 0 N–H and O–H groups in total. The van der Waals surface area contributed by atoms with Crippen LogP contribution in [0.2, 0.25) is 0 Å². The third-order valence-electron chi connectivity index (χ3n) is 11.2. The molecule has 0 amide bonds. The van der Waals surface area contributed by atoms with Crippen LogP contribution in [0, 0.1) is 0 Å². The second-order valence-corrected chi connectivity index (χ2v) is 13.1. The number of hydrogen-bond acceptors (Lipinski definition) is 0. The SMILES string of the molecule is c1ccc(-c2cc3c4ccccc4n4c3c3c2Cc2cccc5c2B3c2c-4cccc2C5(c2ccccc2)c2ccccc2)cc1. The van der Waals surface area contributed by atoms with Gasteiger partial charge >= 0.3 is 0 Å². The van der Waals surface area contributed by atoms with Crippen molar-refractivity contribution < 1.29 is 0 Å². The molecular formula is C44H28BN. The summed E-state index contributed by atoms with van der Waals surface area (Å²) in [5, 5.41) is 2.68. The minimum atomic E-state index is -0.441. The third kappa shape index (κ3) is 2.85. The largest absolute Gasteiger partial charge is 0.310 e. The van der Waals surface area contributed by atoms with Crippen molar-refractivity contribution in [3.8, 4) is 16.8 Å². The zero-order chi connectivity index (χ0) is 30.0. The normalized spacial score (nSPS) is 14.6. The van der Waals surface area contributed by atoms with Crippen LogP contribution in [0.3, 0.4) is 0 Å². The van der Waals surface area contributed by atoms with Gasteiger partial charge in [-0.1, -0.05) is 145 Å². The Hall–Kier alpha value is -5.60. The number of para-hydroxylation sites is 1. The van der Waals surface area contributed by atoms with Gasteiger partial charge in [0.15, 0.2) is 0 Å². The third-order valence-corrected chi connectivity index (χ3v) is 11.2. The van der Waals surface area contributed by atoms with Gasteiger partial charge < -0.3 is 4.57 Å². The van der Waals surface area contributed by atoms with Gasteiger partial charge in [0.1, 0.15) is 0 Å². The molecule has 11 rings (SSSR count). The van der Waals surface area contributed by atoms with Crippen LogP contribution in [0.1, 0.15) is 33.4 Å². The van der Waals surface area contributed by atoms with E-state index in [1.807, 2.05) is 0 Å². The topological polar surface area (TPSA) is 4.93 Å². The van der Waals surface area contributed by atoms with E-state index < -0.39 is 5.41 Å². The zero-order valence-electron chi connectivity index (χ0n) is 25.2. The molecule has 7 aromatic carbocycles. The molecule has 3 aliphatic heterocycles. The van der Waals surface area contributed by atoms with Crippen LogP contribution in [0.4, 0.5) is 0 Å². The van der Waals surface area contributed by atoms with E-state index in [0.29, 0.717) is 0 Å². The van der Waals surface area contributed by atoms with Crippen molar-refractivity contribution >= 4 is 44.9 Å². The molecule has 0 unspecified atom stereocenters. The van der Waals surface area contributed by atoms with Crippen molar-refractivity contribution in [1.82, 2.24) is 4.57 Å². The van der Waals surface area contributed by atoms with Gasteiger partial charge in [-0.25, -0.2) is 0 Å². The van der Waals surface area contributed by atoms with Crippen LogP contribution in [-0.4, -0.2) is 11.3 Å². The van der Waals surface area contributed by atoms with Gasteiger partial charge in [0, 0.05) is 22.0 Å². The summed E-state index contributed by atoms with van der Waals surface area (Å²) in [4.78, 5) is 0. The molecule has 46 heavy (non-hydrogen) atoms. The lowest BCUT2D eigenvalue weighted by atomic mass is 9.27. The lowest BCUT2D eigenvalue weighted by molar-refractivity contribution is 0.748. The Balaban J connectivity index is 1.39. The Morgan fingerprint density at radius 3 is 1.89 bits per heavy atom. The van der Waals surface area contributed by atoms with Gasteiger partial charge in [-0.05, 0) is 80.1 Å². The molecule has 0 bridgehead atoms. The fourth-order valence-corrected chi connectivity index (χ4v) is 9.57. The summed E-state index contributed by atoms with van der Waals surface area (Å²) in [5.41, 5.74) is 19.1. The van der Waals surface area contributed by atoms with E-state index in [9.17, 15) is 0 Å². The molecule has 0 radical (unpaired) electrons. The van der Waals surface area contributed by atoms with E-state index in [4.69, 9.17) is 0 Å². The number of rotatable bonds is 3. The minimum Gasteiger partial charge on any atom is -0.310 e.